The summed E-state index contributed by atoms with van der Waals surface area (Å²) in [5, 5.41) is 3.10. The standard InChI is InChI=1S/C14H27N3O/c1-4-9-15-12-14(18)17(11-10-16(2)3)13-7-5-6-8-13/h4,13,15H,1,5-12H2,2-3H3. The summed E-state index contributed by atoms with van der Waals surface area (Å²) in [4.78, 5) is 16.4. The van der Waals surface area contributed by atoms with Crippen molar-refractivity contribution in [3.8, 4) is 0 Å². The zero-order chi connectivity index (χ0) is 13.4. The van der Waals surface area contributed by atoms with Gasteiger partial charge in [0.15, 0.2) is 0 Å². The summed E-state index contributed by atoms with van der Waals surface area (Å²) in [5.41, 5.74) is 0. The van der Waals surface area contributed by atoms with Crippen LogP contribution in [-0.2, 0) is 4.79 Å². The van der Waals surface area contributed by atoms with Gasteiger partial charge in [-0.1, -0.05) is 18.9 Å². The normalized spacial score (nSPS) is 16.2. The molecule has 1 aliphatic carbocycles. The fourth-order valence-electron chi connectivity index (χ4n) is 2.42. The zero-order valence-electron chi connectivity index (χ0n) is 11.8. The lowest BCUT2D eigenvalue weighted by Crippen LogP contribution is -2.46. The van der Waals surface area contributed by atoms with E-state index in [1.54, 1.807) is 6.08 Å². The van der Waals surface area contributed by atoms with Gasteiger partial charge >= 0.3 is 0 Å². The third-order valence-corrected chi connectivity index (χ3v) is 3.44. The van der Waals surface area contributed by atoms with Crippen molar-refractivity contribution in [2.24, 2.45) is 0 Å². The van der Waals surface area contributed by atoms with Crippen molar-refractivity contribution >= 4 is 5.91 Å². The molecule has 0 spiro atoms. The van der Waals surface area contributed by atoms with Gasteiger partial charge in [0.1, 0.15) is 0 Å². The van der Waals surface area contributed by atoms with E-state index in [4.69, 9.17) is 0 Å². The molecule has 0 atom stereocenters. The van der Waals surface area contributed by atoms with E-state index in [0.29, 0.717) is 19.1 Å². The minimum absolute atomic E-state index is 0.227. The molecule has 0 aliphatic heterocycles. The van der Waals surface area contributed by atoms with Crippen LogP contribution in [0.3, 0.4) is 0 Å². The Morgan fingerprint density at radius 1 is 1.33 bits per heavy atom. The molecule has 0 saturated heterocycles. The summed E-state index contributed by atoms with van der Waals surface area (Å²) >= 11 is 0. The van der Waals surface area contributed by atoms with Gasteiger partial charge in [0.2, 0.25) is 5.91 Å². The van der Waals surface area contributed by atoms with Crippen molar-refractivity contribution < 1.29 is 4.79 Å². The summed E-state index contributed by atoms with van der Waals surface area (Å²) < 4.78 is 0. The third kappa shape index (κ3) is 5.19. The van der Waals surface area contributed by atoms with Gasteiger partial charge in [-0.15, -0.1) is 6.58 Å². The van der Waals surface area contributed by atoms with Crippen molar-refractivity contribution in [1.82, 2.24) is 15.1 Å². The predicted octanol–water partition coefficient (Wildman–Crippen LogP) is 1.09. The molecule has 1 rings (SSSR count). The molecular formula is C14H27N3O. The van der Waals surface area contributed by atoms with Gasteiger partial charge in [-0.05, 0) is 26.9 Å². The molecule has 0 bridgehead atoms. The molecule has 0 radical (unpaired) electrons. The Kier molecular flexibility index (Phi) is 6.98. The minimum atomic E-state index is 0.227. The number of likely N-dealkylation sites (N-methyl/N-ethyl adjacent to an activating group) is 1. The fourth-order valence-corrected chi connectivity index (χ4v) is 2.42. The number of amides is 1. The van der Waals surface area contributed by atoms with Gasteiger partial charge in [-0.2, -0.15) is 0 Å². The Hall–Kier alpha value is -0.870. The molecule has 1 fully saturated rings. The summed E-state index contributed by atoms with van der Waals surface area (Å²) in [6.45, 7) is 6.54. The first-order valence-corrected chi connectivity index (χ1v) is 6.91. The van der Waals surface area contributed by atoms with Gasteiger partial charge in [0, 0.05) is 25.7 Å². The highest BCUT2D eigenvalue weighted by Crippen LogP contribution is 2.23. The molecule has 1 N–H and O–H groups in total. The Labute approximate surface area is 111 Å². The maximum Gasteiger partial charge on any atom is 0.236 e. The van der Waals surface area contributed by atoms with Gasteiger partial charge in [0.25, 0.3) is 0 Å². The number of hydrogen-bond acceptors (Lipinski definition) is 3. The molecule has 18 heavy (non-hydrogen) atoms. The largest absolute Gasteiger partial charge is 0.337 e. The fraction of sp³-hybridized carbons (Fsp3) is 0.786. The van der Waals surface area contributed by atoms with Crippen molar-refractivity contribution in [1.29, 1.82) is 0 Å². The summed E-state index contributed by atoms with van der Waals surface area (Å²) in [7, 11) is 4.10. The smallest absolute Gasteiger partial charge is 0.236 e. The number of hydrogen-bond donors (Lipinski definition) is 1. The van der Waals surface area contributed by atoms with Crippen LogP contribution in [0.2, 0.25) is 0 Å². The lowest BCUT2D eigenvalue weighted by Gasteiger charge is -2.30. The van der Waals surface area contributed by atoms with E-state index in [-0.39, 0.29) is 5.91 Å². The molecule has 0 unspecified atom stereocenters. The average Bonchev–Trinajstić information content (AvgIpc) is 2.83. The molecule has 1 amide bonds. The predicted molar refractivity (Wildman–Crippen MR) is 75.6 cm³/mol. The first-order chi connectivity index (χ1) is 8.65. The Bertz CT molecular complexity index is 260. The summed E-state index contributed by atoms with van der Waals surface area (Å²) in [5.74, 6) is 0.227. The van der Waals surface area contributed by atoms with E-state index < -0.39 is 0 Å². The van der Waals surface area contributed by atoms with Crippen molar-refractivity contribution in [2.45, 2.75) is 31.7 Å². The lowest BCUT2D eigenvalue weighted by atomic mass is 10.2. The number of carbonyl (C=O) groups is 1. The van der Waals surface area contributed by atoms with Gasteiger partial charge in [0.05, 0.1) is 6.54 Å². The second kappa shape index (κ2) is 8.27. The highest BCUT2D eigenvalue weighted by Gasteiger charge is 2.25. The van der Waals surface area contributed by atoms with Gasteiger partial charge < -0.3 is 15.1 Å². The van der Waals surface area contributed by atoms with E-state index in [9.17, 15) is 4.79 Å². The SMILES string of the molecule is C=CCNCC(=O)N(CCN(C)C)C1CCCC1. The molecule has 0 aromatic rings. The molecule has 104 valence electrons. The van der Waals surface area contributed by atoms with Crippen LogP contribution in [0.1, 0.15) is 25.7 Å². The van der Waals surface area contributed by atoms with Crippen LogP contribution in [0.25, 0.3) is 0 Å². The minimum Gasteiger partial charge on any atom is -0.337 e. The first-order valence-electron chi connectivity index (χ1n) is 6.91. The van der Waals surface area contributed by atoms with Crippen LogP contribution in [0.4, 0.5) is 0 Å². The highest BCUT2D eigenvalue weighted by atomic mass is 16.2. The van der Waals surface area contributed by atoms with Crippen LogP contribution in [0.5, 0.6) is 0 Å². The number of carbonyl (C=O) groups excluding carboxylic acids is 1. The topological polar surface area (TPSA) is 35.6 Å². The van der Waals surface area contributed by atoms with Gasteiger partial charge in [-0.25, -0.2) is 0 Å². The molecule has 0 heterocycles. The maximum absolute atomic E-state index is 12.2. The van der Waals surface area contributed by atoms with Crippen LogP contribution in [0, 0.1) is 0 Å². The quantitative estimate of drug-likeness (QED) is 0.520. The van der Waals surface area contributed by atoms with E-state index in [1.807, 2.05) is 14.1 Å². The Balaban J connectivity index is 2.46. The molecule has 0 aromatic carbocycles. The van der Waals surface area contributed by atoms with E-state index in [2.05, 4.69) is 21.7 Å². The maximum atomic E-state index is 12.2. The molecule has 1 aliphatic rings. The number of nitrogens with zero attached hydrogens (tertiary/aromatic N) is 2. The lowest BCUT2D eigenvalue weighted by molar-refractivity contribution is -0.132. The number of rotatable bonds is 8. The van der Waals surface area contributed by atoms with Crippen LogP contribution in [-0.4, -0.2) is 62.0 Å². The van der Waals surface area contributed by atoms with Crippen LogP contribution >= 0.6 is 0 Å². The van der Waals surface area contributed by atoms with E-state index in [0.717, 1.165) is 13.1 Å². The summed E-state index contributed by atoms with van der Waals surface area (Å²) in [6.07, 6.45) is 6.64. The van der Waals surface area contributed by atoms with Crippen LogP contribution < -0.4 is 5.32 Å². The Morgan fingerprint density at radius 2 is 2.00 bits per heavy atom. The monoisotopic (exact) mass is 253 g/mol. The molecule has 1 saturated carbocycles. The second-order valence-electron chi connectivity index (χ2n) is 5.25. The third-order valence-electron chi connectivity index (χ3n) is 3.44. The highest BCUT2D eigenvalue weighted by molar-refractivity contribution is 5.78. The second-order valence-corrected chi connectivity index (χ2v) is 5.25. The molecular weight excluding hydrogens is 226 g/mol. The van der Waals surface area contributed by atoms with Crippen LogP contribution in [0.15, 0.2) is 12.7 Å². The summed E-state index contributed by atoms with van der Waals surface area (Å²) in [6, 6.07) is 0.461. The van der Waals surface area contributed by atoms with Crippen molar-refractivity contribution in [3.05, 3.63) is 12.7 Å². The van der Waals surface area contributed by atoms with Gasteiger partial charge in [-0.3, -0.25) is 4.79 Å². The average molecular weight is 253 g/mol. The van der Waals surface area contributed by atoms with Crippen molar-refractivity contribution in [3.63, 3.8) is 0 Å². The van der Waals surface area contributed by atoms with E-state index >= 15 is 0 Å². The molecule has 4 nitrogen and oxygen atoms in total. The molecule has 0 aromatic heterocycles. The van der Waals surface area contributed by atoms with E-state index in [1.165, 1.54) is 25.7 Å². The zero-order valence-corrected chi connectivity index (χ0v) is 11.8. The number of nitrogens with one attached hydrogen (secondary N) is 1. The molecule has 4 heteroatoms. The first kappa shape index (κ1) is 15.2. The van der Waals surface area contributed by atoms with Crippen molar-refractivity contribution in [2.75, 3.05) is 40.3 Å². The Morgan fingerprint density at radius 3 is 2.56 bits per heavy atom.